The number of nitrogens with one attached hydrogen (secondary N) is 1. The summed E-state index contributed by atoms with van der Waals surface area (Å²) in [5.74, 6) is -0.475. The quantitative estimate of drug-likeness (QED) is 0.821. The van der Waals surface area contributed by atoms with Crippen LogP contribution >= 0.6 is 22.6 Å². The van der Waals surface area contributed by atoms with Gasteiger partial charge in [-0.15, -0.1) is 0 Å². The van der Waals surface area contributed by atoms with Gasteiger partial charge in [0.15, 0.2) is 0 Å². The van der Waals surface area contributed by atoms with Crippen LogP contribution < -0.4 is 5.32 Å². The van der Waals surface area contributed by atoms with Gasteiger partial charge in [-0.25, -0.2) is 4.39 Å². The van der Waals surface area contributed by atoms with Crippen LogP contribution in [-0.4, -0.2) is 24.7 Å². The van der Waals surface area contributed by atoms with E-state index in [1.54, 1.807) is 0 Å². The third kappa shape index (κ3) is 3.20. The van der Waals surface area contributed by atoms with E-state index in [0.29, 0.717) is 22.3 Å². The summed E-state index contributed by atoms with van der Waals surface area (Å²) in [5.41, 5.74) is 0.289. The monoisotopic (exact) mass is 363 g/mol. The Bertz CT molecular complexity index is 458. The van der Waals surface area contributed by atoms with Crippen molar-refractivity contribution in [3.8, 4) is 0 Å². The highest BCUT2D eigenvalue weighted by Gasteiger charge is 2.29. The van der Waals surface area contributed by atoms with E-state index in [1.807, 2.05) is 29.5 Å². The molecule has 98 valence electrons. The first-order chi connectivity index (χ1) is 8.50. The van der Waals surface area contributed by atoms with Crippen molar-refractivity contribution in [2.75, 3.05) is 13.2 Å². The number of hydrogen-bond donors (Lipinski definition) is 1. The van der Waals surface area contributed by atoms with Crippen LogP contribution in [0.5, 0.6) is 0 Å². The Labute approximate surface area is 119 Å². The maximum absolute atomic E-state index is 13.0. The molecule has 0 saturated carbocycles. The lowest BCUT2D eigenvalue weighted by Crippen LogP contribution is -2.49. The van der Waals surface area contributed by atoms with Gasteiger partial charge in [0.2, 0.25) is 0 Å². The zero-order valence-corrected chi connectivity index (χ0v) is 12.3. The van der Waals surface area contributed by atoms with Crippen LogP contribution in [0, 0.1) is 9.39 Å². The summed E-state index contributed by atoms with van der Waals surface area (Å²) in [5, 5.41) is 3.03. The molecule has 0 spiro atoms. The third-order valence-corrected chi connectivity index (χ3v) is 4.08. The molecule has 1 aliphatic heterocycles. The average molecular weight is 363 g/mol. The molecule has 0 unspecified atom stereocenters. The summed E-state index contributed by atoms with van der Waals surface area (Å²) >= 11 is 1.97. The number of hydrogen-bond acceptors (Lipinski definition) is 2. The molecule has 0 bridgehead atoms. The predicted octanol–water partition coefficient (Wildman–Crippen LogP) is 2.73. The van der Waals surface area contributed by atoms with E-state index in [1.165, 1.54) is 18.2 Å². The minimum absolute atomic E-state index is 0.149. The van der Waals surface area contributed by atoms with Crippen LogP contribution in [0.2, 0.25) is 0 Å². The van der Waals surface area contributed by atoms with Gasteiger partial charge in [0.1, 0.15) is 5.82 Å². The summed E-state index contributed by atoms with van der Waals surface area (Å²) < 4.78 is 18.9. The van der Waals surface area contributed by atoms with Crippen molar-refractivity contribution in [3.05, 3.63) is 33.1 Å². The molecule has 18 heavy (non-hydrogen) atoms. The number of rotatable bonds is 2. The van der Waals surface area contributed by atoms with Crippen LogP contribution in [0.1, 0.15) is 30.1 Å². The van der Waals surface area contributed by atoms with Crippen LogP contribution in [0.15, 0.2) is 18.2 Å². The van der Waals surface area contributed by atoms with Gasteiger partial charge in [-0.05, 0) is 60.6 Å². The second-order valence-electron chi connectivity index (χ2n) is 4.75. The van der Waals surface area contributed by atoms with E-state index >= 15 is 0 Å². The van der Waals surface area contributed by atoms with Crippen LogP contribution in [0.25, 0.3) is 0 Å². The second kappa shape index (κ2) is 5.52. The van der Waals surface area contributed by atoms with Crippen molar-refractivity contribution in [2.45, 2.75) is 25.3 Å². The van der Waals surface area contributed by atoms with E-state index in [4.69, 9.17) is 4.74 Å². The first-order valence-electron chi connectivity index (χ1n) is 5.85. The molecule has 2 rings (SSSR count). The van der Waals surface area contributed by atoms with E-state index in [2.05, 4.69) is 5.32 Å². The lowest BCUT2D eigenvalue weighted by atomic mass is 9.92. The van der Waals surface area contributed by atoms with Crippen molar-refractivity contribution in [3.63, 3.8) is 0 Å². The molecule has 0 radical (unpaired) electrons. The molecule has 1 saturated heterocycles. The second-order valence-corrected chi connectivity index (χ2v) is 5.91. The lowest BCUT2D eigenvalue weighted by Gasteiger charge is -2.34. The highest BCUT2D eigenvalue weighted by Crippen LogP contribution is 2.21. The minimum Gasteiger partial charge on any atom is -0.381 e. The van der Waals surface area contributed by atoms with Crippen molar-refractivity contribution < 1.29 is 13.9 Å². The number of carbonyl (C=O) groups is 1. The van der Waals surface area contributed by atoms with Gasteiger partial charge in [0.25, 0.3) is 5.91 Å². The number of ether oxygens (including phenoxy) is 1. The summed E-state index contributed by atoms with van der Waals surface area (Å²) in [6, 6.07) is 4.19. The third-order valence-electron chi connectivity index (χ3n) is 3.19. The van der Waals surface area contributed by atoms with E-state index in [9.17, 15) is 9.18 Å². The van der Waals surface area contributed by atoms with Gasteiger partial charge in [-0.3, -0.25) is 4.79 Å². The molecule has 1 aliphatic rings. The molecule has 1 fully saturated rings. The van der Waals surface area contributed by atoms with Gasteiger partial charge in [0, 0.05) is 22.3 Å². The topological polar surface area (TPSA) is 38.3 Å². The number of benzene rings is 1. The van der Waals surface area contributed by atoms with Crippen molar-refractivity contribution in [1.29, 1.82) is 0 Å². The Kier molecular flexibility index (Phi) is 4.21. The molecule has 1 amide bonds. The first-order valence-corrected chi connectivity index (χ1v) is 6.93. The molecule has 1 aromatic rings. The van der Waals surface area contributed by atoms with Gasteiger partial charge in [0.05, 0.1) is 5.56 Å². The predicted molar refractivity (Wildman–Crippen MR) is 75.0 cm³/mol. The average Bonchev–Trinajstić information content (AvgIpc) is 2.28. The Morgan fingerprint density at radius 1 is 1.44 bits per heavy atom. The van der Waals surface area contributed by atoms with Crippen molar-refractivity contribution >= 4 is 28.5 Å². The molecular formula is C13H15FINO2. The largest absolute Gasteiger partial charge is 0.381 e. The fraction of sp³-hybridized carbons (Fsp3) is 0.462. The Morgan fingerprint density at radius 3 is 2.72 bits per heavy atom. The summed E-state index contributed by atoms with van der Waals surface area (Å²) in [4.78, 5) is 12.2. The molecule has 1 aromatic carbocycles. The number of carbonyl (C=O) groups excluding carboxylic acids is 1. The molecular weight excluding hydrogens is 348 g/mol. The zero-order chi connectivity index (χ0) is 13.2. The van der Waals surface area contributed by atoms with Gasteiger partial charge < -0.3 is 10.1 Å². The smallest absolute Gasteiger partial charge is 0.252 e. The molecule has 1 N–H and O–H groups in total. The molecule has 0 aliphatic carbocycles. The summed E-state index contributed by atoms with van der Waals surface area (Å²) in [7, 11) is 0. The fourth-order valence-corrected chi connectivity index (χ4v) is 2.68. The first kappa shape index (κ1) is 13.7. The van der Waals surface area contributed by atoms with E-state index in [0.717, 1.165) is 12.8 Å². The molecule has 3 nitrogen and oxygen atoms in total. The van der Waals surface area contributed by atoms with Gasteiger partial charge >= 0.3 is 0 Å². The lowest BCUT2D eigenvalue weighted by molar-refractivity contribution is 0.0422. The van der Waals surface area contributed by atoms with Crippen LogP contribution in [-0.2, 0) is 4.74 Å². The van der Waals surface area contributed by atoms with Crippen molar-refractivity contribution in [2.24, 2.45) is 0 Å². The normalized spacial score (nSPS) is 18.4. The Morgan fingerprint density at radius 2 is 2.11 bits per heavy atom. The SMILES string of the molecule is CC1(NC(=O)c2ccc(F)cc2I)CCOCC1. The summed E-state index contributed by atoms with van der Waals surface area (Å²) in [6.45, 7) is 3.35. The zero-order valence-electron chi connectivity index (χ0n) is 10.1. The highest BCUT2D eigenvalue weighted by atomic mass is 127. The van der Waals surface area contributed by atoms with Crippen LogP contribution in [0.3, 0.4) is 0 Å². The Hall–Kier alpha value is -0.690. The molecule has 5 heteroatoms. The van der Waals surface area contributed by atoms with Crippen LogP contribution in [0.4, 0.5) is 4.39 Å². The standard InChI is InChI=1S/C13H15FINO2/c1-13(4-6-18-7-5-13)16-12(17)10-3-2-9(14)8-11(10)15/h2-3,8H,4-7H2,1H3,(H,16,17). The fourth-order valence-electron chi connectivity index (χ4n) is 1.96. The maximum atomic E-state index is 13.0. The van der Waals surface area contributed by atoms with E-state index < -0.39 is 0 Å². The maximum Gasteiger partial charge on any atom is 0.252 e. The molecule has 0 aromatic heterocycles. The highest BCUT2D eigenvalue weighted by molar-refractivity contribution is 14.1. The number of halogens is 2. The molecule has 0 atom stereocenters. The molecule has 1 heterocycles. The minimum atomic E-state index is -0.326. The van der Waals surface area contributed by atoms with Gasteiger partial charge in [-0.1, -0.05) is 0 Å². The van der Waals surface area contributed by atoms with Gasteiger partial charge in [-0.2, -0.15) is 0 Å². The van der Waals surface area contributed by atoms with Crippen molar-refractivity contribution in [1.82, 2.24) is 5.32 Å². The summed E-state index contributed by atoms with van der Waals surface area (Å²) in [6.07, 6.45) is 1.60. The Balaban J connectivity index is 2.11. The van der Waals surface area contributed by atoms with E-state index in [-0.39, 0.29) is 17.3 Å². The number of amides is 1.